The molecule has 29 heavy (non-hydrogen) atoms. The molecule has 8 heteroatoms. The third kappa shape index (κ3) is 4.38. The molecule has 0 fully saturated rings. The minimum absolute atomic E-state index is 0.682. The van der Waals surface area contributed by atoms with Crippen LogP contribution in [0.3, 0.4) is 0 Å². The number of aromatic nitrogens is 4. The lowest BCUT2D eigenvalue weighted by molar-refractivity contribution is 0.354. The Balaban J connectivity index is 1.52. The number of ether oxygens (including phenoxy) is 2. The van der Waals surface area contributed by atoms with Gasteiger partial charge in [-0.05, 0) is 41.6 Å². The summed E-state index contributed by atoms with van der Waals surface area (Å²) in [4.78, 5) is 10.4. The Morgan fingerprint density at radius 2 is 1.93 bits per heavy atom. The van der Waals surface area contributed by atoms with E-state index in [0.29, 0.717) is 5.82 Å². The fourth-order valence-electron chi connectivity index (χ4n) is 2.93. The first-order valence-electron chi connectivity index (χ1n) is 9.14. The minimum Gasteiger partial charge on any atom is -0.493 e. The number of methoxy groups -OCH3 is 2. The van der Waals surface area contributed by atoms with Gasteiger partial charge >= 0.3 is 0 Å². The van der Waals surface area contributed by atoms with E-state index in [1.165, 1.54) is 0 Å². The van der Waals surface area contributed by atoms with Crippen LogP contribution in [0, 0.1) is 0 Å². The van der Waals surface area contributed by atoms with Crippen molar-refractivity contribution in [2.24, 2.45) is 0 Å². The fraction of sp³-hybridized carbons (Fsp3) is 0.190. The Morgan fingerprint density at radius 1 is 1.03 bits per heavy atom. The van der Waals surface area contributed by atoms with Crippen molar-refractivity contribution in [3.05, 3.63) is 65.8 Å². The van der Waals surface area contributed by atoms with Crippen LogP contribution >= 0.6 is 11.3 Å². The second-order valence-electron chi connectivity index (χ2n) is 6.23. The number of rotatable bonds is 8. The fourth-order valence-corrected chi connectivity index (χ4v) is 3.59. The van der Waals surface area contributed by atoms with E-state index in [9.17, 15) is 0 Å². The molecule has 1 N–H and O–H groups in total. The van der Waals surface area contributed by atoms with E-state index in [2.05, 4.69) is 20.4 Å². The first kappa shape index (κ1) is 18.9. The molecule has 3 aromatic heterocycles. The Hall–Kier alpha value is -3.39. The summed E-state index contributed by atoms with van der Waals surface area (Å²) >= 11 is 1.61. The summed E-state index contributed by atoms with van der Waals surface area (Å²) in [6, 6.07) is 13.7. The van der Waals surface area contributed by atoms with E-state index in [0.717, 1.165) is 46.5 Å². The molecule has 4 aromatic rings. The van der Waals surface area contributed by atoms with Gasteiger partial charge in [-0.15, -0.1) is 11.3 Å². The Morgan fingerprint density at radius 3 is 2.66 bits per heavy atom. The van der Waals surface area contributed by atoms with Crippen molar-refractivity contribution in [1.82, 2.24) is 19.7 Å². The molecule has 0 radical (unpaired) electrons. The second kappa shape index (κ2) is 8.74. The molecule has 0 atom stereocenters. The average Bonchev–Trinajstić information content (AvgIpc) is 3.47. The number of nitrogens with zero attached hydrogens (tertiary/aromatic N) is 4. The maximum absolute atomic E-state index is 5.38. The minimum atomic E-state index is 0.682. The number of hydrogen-bond donors (Lipinski definition) is 1. The normalized spacial score (nSPS) is 10.7. The molecule has 1 aromatic carbocycles. The van der Waals surface area contributed by atoms with Crippen molar-refractivity contribution in [1.29, 1.82) is 0 Å². The van der Waals surface area contributed by atoms with Gasteiger partial charge in [-0.25, -0.2) is 14.6 Å². The molecule has 148 valence electrons. The molecule has 0 bridgehead atoms. The van der Waals surface area contributed by atoms with Gasteiger partial charge in [0.1, 0.15) is 5.82 Å². The third-order valence-electron chi connectivity index (χ3n) is 4.36. The van der Waals surface area contributed by atoms with Gasteiger partial charge in [0.25, 0.3) is 0 Å². The van der Waals surface area contributed by atoms with Crippen LogP contribution in [0.25, 0.3) is 16.5 Å². The number of nitrogens with one attached hydrogen (secondary N) is 1. The molecular formula is C21H21N5O2S. The lowest BCUT2D eigenvalue weighted by Gasteiger charge is -2.11. The zero-order valence-electron chi connectivity index (χ0n) is 16.2. The summed E-state index contributed by atoms with van der Waals surface area (Å²) in [7, 11) is 3.28. The molecule has 0 saturated heterocycles. The van der Waals surface area contributed by atoms with Crippen LogP contribution in [0.2, 0.25) is 0 Å². The van der Waals surface area contributed by atoms with Crippen molar-refractivity contribution >= 4 is 17.2 Å². The molecular weight excluding hydrogens is 386 g/mol. The molecule has 4 rings (SSSR count). The summed E-state index contributed by atoms with van der Waals surface area (Å²) < 4.78 is 12.4. The van der Waals surface area contributed by atoms with Gasteiger partial charge in [0, 0.05) is 25.0 Å². The highest BCUT2D eigenvalue weighted by molar-refractivity contribution is 7.13. The highest BCUT2D eigenvalue weighted by Crippen LogP contribution is 2.28. The molecule has 0 aliphatic rings. The molecule has 0 unspecified atom stereocenters. The van der Waals surface area contributed by atoms with E-state index in [-0.39, 0.29) is 0 Å². The van der Waals surface area contributed by atoms with Crippen molar-refractivity contribution in [2.75, 3.05) is 26.1 Å². The van der Waals surface area contributed by atoms with Crippen molar-refractivity contribution in [3.63, 3.8) is 0 Å². The van der Waals surface area contributed by atoms with Crippen LogP contribution < -0.4 is 14.8 Å². The molecule has 0 spiro atoms. The smallest absolute Gasteiger partial charge is 0.173 e. The Labute approximate surface area is 173 Å². The predicted molar refractivity (Wildman–Crippen MR) is 114 cm³/mol. The maximum atomic E-state index is 5.38. The van der Waals surface area contributed by atoms with Crippen LogP contribution in [-0.4, -0.2) is 40.5 Å². The molecule has 0 aliphatic carbocycles. The zero-order valence-corrected chi connectivity index (χ0v) is 17.0. The Bertz CT molecular complexity index is 1010. The highest BCUT2D eigenvalue weighted by atomic mass is 32.1. The van der Waals surface area contributed by atoms with E-state index >= 15 is 0 Å². The third-order valence-corrected chi connectivity index (χ3v) is 5.23. The van der Waals surface area contributed by atoms with E-state index < -0.39 is 0 Å². The molecule has 0 aliphatic heterocycles. The SMILES string of the molecule is COc1ccc(CCNc2cc(-n3cccn3)nc(-c3cccs3)n2)cc1OC. The summed E-state index contributed by atoms with van der Waals surface area (Å²) in [6.07, 6.45) is 4.42. The van der Waals surface area contributed by atoms with Gasteiger partial charge in [0.2, 0.25) is 0 Å². The molecule has 0 saturated carbocycles. The lowest BCUT2D eigenvalue weighted by Crippen LogP contribution is -2.09. The van der Waals surface area contributed by atoms with Crippen molar-refractivity contribution < 1.29 is 9.47 Å². The average molecular weight is 407 g/mol. The number of thiophene rings is 1. The van der Waals surface area contributed by atoms with Crippen LogP contribution in [0.4, 0.5) is 5.82 Å². The largest absolute Gasteiger partial charge is 0.493 e. The van der Waals surface area contributed by atoms with Gasteiger partial charge < -0.3 is 14.8 Å². The van der Waals surface area contributed by atoms with E-state index in [1.807, 2.05) is 54.0 Å². The standard InChI is InChI=1S/C21H21N5O2S/c1-27-16-7-6-15(13-17(16)28-2)8-10-22-19-14-20(26-11-4-9-23-26)25-21(24-19)18-5-3-12-29-18/h3-7,9,11-14H,8,10H2,1-2H3,(H,22,24,25). The van der Waals surface area contributed by atoms with E-state index in [1.54, 1.807) is 36.4 Å². The maximum Gasteiger partial charge on any atom is 0.173 e. The molecule has 0 amide bonds. The quantitative estimate of drug-likeness (QED) is 0.475. The van der Waals surface area contributed by atoms with Crippen LogP contribution in [0.15, 0.2) is 60.2 Å². The zero-order chi connectivity index (χ0) is 20.1. The van der Waals surface area contributed by atoms with Crippen LogP contribution in [-0.2, 0) is 6.42 Å². The van der Waals surface area contributed by atoms with Crippen LogP contribution in [0.5, 0.6) is 11.5 Å². The van der Waals surface area contributed by atoms with E-state index in [4.69, 9.17) is 9.47 Å². The predicted octanol–water partition coefficient (Wildman–Crippen LogP) is 4.06. The highest BCUT2D eigenvalue weighted by Gasteiger charge is 2.10. The molecule has 7 nitrogen and oxygen atoms in total. The summed E-state index contributed by atoms with van der Waals surface area (Å²) in [6.45, 7) is 0.717. The number of benzene rings is 1. The lowest BCUT2D eigenvalue weighted by atomic mass is 10.1. The van der Waals surface area contributed by atoms with Gasteiger partial charge in [-0.2, -0.15) is 5.10 Å². The van der Waals surface area contributed by atoms with Crippen molar-refractivity contribution in [2.45, 2.75) is 6.42 Å². The first-order valence-corrected chi connectivity index (χ1v) is 10.0. The van der Waals surface area contributed by atoms with Gasteiger partial charge in [-0.3, -0.25) is 0 Å². The number of hydrogen-bond acceptors (Lipinski definition) is 7. The van der Waals surface area contributed by atoms with Gasteiger partial charge in [0.05, 0.1) is 19.1 Å². The molecule has 3 heterocycles. The van der Waals surface area contributed by atoms with Crippen LogP contribution in [0.1, 0.15) is 5.56 Å². The summed E-state index contributed by atoms with van der Waals surface area (Å²) in [5.41, 5.74) is 1.15. The summed E-state index contributed by atoms with van der Waals surface area (Å²) in [5.74, 6) is 3.62. The van der Waals surface area contributed by atoms with Crippen molar-refractivity contribution in [3.8, 4) is 28.0 Å². The summed E-state index contributed by atoms with van der Waals surface area (Å²) in [5, 5.41) is 9.71. The van der Waals surface area contributed by atoms with Gasteiger partial charge in [-0.1, -0.05) is 12.1 Å². The Kier molecular flexibility index (Phi) is 5.71. The number of anilines is 1. The second-order valence-corrected chi connectivity index (χ2v) is 7.18. The van der Waals surface area contributed by atoms with Gasteiger partial charge in [0.15, 0.2) is 23.1 Å². The monoisotopic (exact) mass is 407 g/mol. The topological polar surface area (TPSA) is 74.1 Å². The first-order chi connectivity index (χ1) is 14.3.